The number of aromatic nitrogens is 2. The lowest BCUT2D eigenvalue weighted by Gasteiger charge is -2.43. The summed E-state index contributed by atoms with van der Waals surface area (Å²) in [6.45, 7) is 2.52. The predicted octanol–water partition coefficient (Wildman–Crippen LogP) is 1.34. The Labute approximate surface area is 114 Å². The van der Waals surface area contributed by atoms with Crippen LogP contribution in [0.5, 0.6) is 0 Å². The topological polar surface area (TPSA) is 50.3 Å². The van der Waals surface area contributed by atoms with Crippen LogP contribution in [0.3, 0.4) is 0 Å². The minimum atomic E-state index is 0.378. The van der Waals surface area contributed by atoms with Gasteiger partial charge in [-0.1, -0.05) is 12.8 Å². The molecule has 5 heteroatoms. The van der Waals surface area contributed by atoms with Crippen molar-refractivity contribution in [3.63, 3.8) is 0 Å². The molecule has 2 atom stereocenters. The van der Waals surface area contributed by atoms with Gasteiger partial charge in [-0.2, -0.15) is 0 Å². The quantitative estimate of drug-likeness (QED) is 0.891. The first-order chi connectivity index (χ1) is 9.38. The molecule has 1 aromatic heterocycles. The molecular formula is C14H22N4O. The van der Waals surface area contributed by atoms with Gasteiger partial charge in [-0.3, -0.25) is 0 Å². The van der Waals surface area contributed by atoms with E-state index in [1.807, 2.05) is 19.4 Å². The molecule has 3 rings (SSSR count). The minimum Gasteiger partial charge on any atom is -0.374 e. The first kappa shape index (κ1) is 12.8. The third-order valence-electron chi connectivity index (χ3n) is 4.06. The molecule has 2 heterocycles. The van der Waals surface area contributed by atoms with Crippen molar-refractivity contribution in [2.45, 2.75) is 44.4 Å². The molecule has 2 unspecified atom stereocenters. The fourth-order valence-corrected chi connectivity index (χ4v) is 3.14. The number of nitrogens with zero attached hydrogens (tertiary/aromatic N) is 3. The van der Waals surface area contributed by atoms with E-state index in [-0.39, 0.29) is 0 Å². The van der Waals surface area contributed by atoms with Gasteiger partial charge in [-0.05, 0) is 19.9 Å². The van der Waals surface area contributed by atoms with Crippen molar-refractivity contribution in [2.24, 2.45) is 0 Å². The fourth-order valence-electron chi connectivity index (χ4n) is 3.14. The van der Waals surface area contributed by atoms with Crippen LogP contribution in [0.4, 0.5) is 5.95 Å². The smallest absolute Gasteiger partial charge is 0.225 e. The van der Waals surface area contributed by atoms with Crippen molar-refractivity contribution >= 4 is 5.95 Å². The second kappa shape index (κ2) is 5.84. The van der Waals surface area contributed by atoms with Crippen LogP contribution in [0.1, 0.15) is 31.2 Å². The first-order valence-electron chi connectivity index (χ1n) is 7.22. The second-order valence-electron chi connectivity index (χ2n) is 5.38. The zero-order chi connectivity index (χ0) is 13.1. The van der Waals surface area contributed by atoms with E-state index in [4.69, 9.17) is 4.74 Å². The monoisotopic (exact) mass is 262 g/mol. The van der Waals surface area contributed by atoms with Crippen molar-refractivity contribution < 1.29 is 4.74 Å². The largest absolute Gasteiger partial charge is 0.374 e. The van der Waals surface area contributed by atoms with Crippen molar-refractivity contribution in [2.75, 3.05) is 25.1 Å². The highest BCUT2D eigenvalue weighted by molar-refractivity contribution is 5.33. The summed E-state index contributed by atoms with van der Waals surface area (Å²) in [5.41, 5.74) is 1.12. The third kappa shape index (κ3) is 2.72. The maximum atomic E-state index is 5.89. The lowest BCUT2D eigenvalue weighted by atomic mass is 9.90. The second-order valence-corrected chi connectivity index (χ2v) is 5.38. The summed E-state index contributed by atoms with van der Waals surface area (Å²) in [7, 11) is 1.93. The van der Waals surface area contributed by atoms with E-state index < -0.39 is 0 Å². The van der Waals surface area contributed by atoms with Crippen LogP contribution in [0, 0.1) is 0 Å². The molecule has 2 aliphatic rings. The van der Waals surface area contributed by atoms with Crippen LogP contribution >= 0.6 is 0 Å². The molecule has 104 valence electrons. The van der Waals surface area contributed by atoms with Gasteiger partial charge in [0, 0.05) is 31.0 Å². The molecule has 0 amide bonds. The minimum absolute atomic E-state index is 0.378. The van der Waals surface area contributed by atoms with Gasteiger partial charge in [0.1, 0.15) is 0 Å². The van der Waals surface area contributed by atoms with Gasteiger partial charge in [0.15, 0.2) is 0 Å². The summed E-state index contributed by atoms with van der Waals surface area (Å²) in [6.07, 6.45) is 9.18. The summed E-state index contributed by atoms with van der Waals surface area (Å²) in [6, 6.07) is 0.470. The Morgan fingerprint density at radius 2 is 2.11 bits per heavy atom. The molecule has 1 N–H and O–H groups in total. The van der Waals surface area contributed by atoms with Crippen LogP contribution in [0.25, 0.3) is 0 Å². The lowest BCUT2D eigenvalue weighted by molar-refractivity contribution is -0.00932. The lowest BCUT2D eigenvalue weighted by Crippen LogP contribution is -2.53. The van der Waals surface area contributed by atoms with Crippen molar-refractivity contribution in [1.29, 1.82) is 0 Å². The van der Waals surface area contributed by atoms with Gasteiger partial charge < -0.3 is 15.0 Å². The average Bonchev–Trinajstić information content (AvgIpc) is 2.48. The maximum Gasteiger partial charge on any atom is 0.225 e. The Balaban J connectivity index is 1.75. The maximum absolute atomic E-state index is 5.89. The molecule has 0 aromatic carbocycles. The van der Waals surface area contributed by atoms with Crippen molar-refractivity contribution in [3.05, 3.63) is 18.0 Å². The van der Waals surface area contributed by atoms with Gasteiger partial charge in [0.2, 0.25) is 5.95 Å². The number of ether oxygens (including phenoxy) is 1. The van der Waals surface area contributed by atoms with E-state index in [9.17, 15) is 0 Å². The Morgan fingerprint density at radius 3 is 2.89 bits per heavy atom. The molecule has 2 fully saturated rings. The molecule has 0 radical (unpaired) electrons. The molecule has 1 aliphatic carbocycles. The third-order valence-corrected chi connectivity index (χ3v) is 4.06. The summed E-state index contributed by atoms with van der Waals surface area (Å²) in [5, 5.41) is 3.11. The zero-order valence-electron chi connectivity index (χ0n) is 11.5. The standard InChI is InChI=1S/C14H22N4O/c1-15-8-11-9-16-14(17-10-11)18-6-7-19-13-5-3-2-4-12(13)18/h9-10,12-13,15H,2-8H2,1H3. The Bertz CT molecular complexity index is 406. The van der Waals surface area contributed by atoms with Crippen LogP contribution in [-0.4, -0.2) is 42.3 Å². The molecular weight excluding hydrogens is 240 g/mol. The highest BCUT2D eigenvalue weighted by Crippen LogP contribution is 2.30. The molecule has 1 saturated heterocycles. The van der Waals surface area contributed by atoms with E-state index in [1.165, 1.54) is 25.7 Å². The molecule has 0 bridgehead atoms. The normalized spacial score (nSPS) is 27.1. The van der Waals surface area contributed by atoms with Gasteiger partial charge in [0.05, 0.1) is 18.8 Å². The Morgan fingerprint density at radius 1 is 1.32 bits per heavy atom. The van der Waals surface area contributed by atoms with Crippen LogP contribution < -0.4 is 10.2 Å². The van der Waals surface area contributed by atoms with Gasteiger partial charge in [-0.25, -0.2) is 9.97 Å². The molecule has 1 aromatic rings. The van der Waals surface area contributed by atoms with Gasteiger partial charge in [0.25, 0.3) is 0 Å². The number of hydrogen-bond acceptors (Lipinski definition) is 5. The Hall–Kier alpha value is -1.20. The van der Waals surface area contributed by atoms with Crippen LogP contribution in [-0.2, 0) is 11.3 Å². The SMILES string of the molecule is CNCc1cnc(N2CCOC3CCCCC32)nc1. The number of hydrogen-bond donors (Lipinski definition) is 1. The van der Waals surface area contributed by atoms with Crippen molar-refractivity contribution in [1.82, 2.24) is 15.3 Å². The van der Waals surface area contributed by atoms with Gasteiger partial charge >= 0.3 is 0 Å². The predicted molar refractivity (Wildman–Crippen MR) is 74.1 cm³/mol. The van der Waals surface area contributed by atoms with E-state index in [0.29, 0.717) is 12.1 Å². The molecule has 1 aliphatic heterocycles. The number of morpholine rings is 1. The highest BCUT2D eigenvalue weighted by atomic mass is 16.5. The number of fused-ring (bicyclic) bond motifs is 1. The van der Waals surface area contributed by atoms with E-state index in [2.05, 4.69) is 20.2 Å². The van der Waals surface area contributed by atoms with Gasteiger partial charge in [-0.15, -0.1) is 0 Å². The Kier molecular flexibility index (Phi) is 3.94. The zero-order valence-corrected chi connectivity index (χ0v) is 11.5. The molecule has 1 saturated carbocycles. The molecule has 0 spiro atoms. The van der Waals surface area contributed by atoms with Crippen LogP contribution in [0.2, 0.25) is 0 Å². The number of rotatable bonds is 3. The number of anilines is 1. The van der Waals surface area contributed by atoms with E-state index >= 15 is 0 Å². The first-order valence-corrected chi connectivity index (χ1v) is 7.22. The van der Waals surface area contributed by atoms with E-state index in [1.54, 1.807) is 0 Å². The highest BCUT2D eigenvalue weighted by Gasteiger charge is 2.35. The summed E-state index contributed by atoms with van der Waals surface area (Å²) >= 11 is 0. The molecule has 5 nitrogen and oxygen atoms in total. The molecule has 19 heavy (non-hydrogen) atoms. The van der Waals surface area contributed by atoms with E-state index in [0.717, 1.165) is 31.2 Å². The van der Waals surface area contributed by atoms with Crippen LogP contribution in [0.15, 0.2) is 12.4 Å². The summed E-state index contributed by atoms with van der Waals surface area (Å²) in [4.78, 5) is 11.4. The fraction of sp³-hybridized carbons (Fsp3) is 0.714. The summed E-state index contributed by atoms with van der Waals surface area (Å²) < 4.78 is 5.89. The van der Waals surface area contributed by atoms with Crippen molar-refractivity contribution in [3.8, 4) is 0 Å². The summed E-state index contributed by atoms with van der Waals surface area (Å²) in [5.74, 6) is 0.861. The number of nitrogens with one attached hydrogen (secondary N) is 1. The average molecular weight is 262 g/mol.